The zero-order valence-corrected chi connectivity index (χ0v) is 10.6. The zero-order valence-electron chi connectivity index (χ0n) is 9.79. The molecule has 0 aliphatic rings. The molecule has 1 aromatic carbocycles. The standard InChI is InChI=1S/C11H14FN5S/c12-9-2-4-10(5-3-9)18-8-11-14-15-16-17(11)7-1-6-13/h2-5H,1,6-8,13H2. The van der Waals surface area contributed by atoms with Crippen LogP contribution in [0.1, 0.15) is 12.2 Å². The van der Waals surface area contributed by atoms with Crippen molar-refractivity contribution in [2.45, 2.75) is 23.6 Å². The Morgan fingerprint density at radius 2 is 2.06 bits per heavy atom. The molecule has 0 saturated carbocycles. The van der Waals surface area contributed by atoms with Gasteiger partial charge < -0.3 is 5.73 Å². The van der Waals surface area contributed by atoms with Gasteiger partial charge in [0.1, 0.15) is 5.82 Å². The summed E-state index contributed by atoms with van der Waals surface area (Å²) in [4.78, 5) is 0.991. The SMILES string of the molecule is NCCCn1nnnc1CSc1ccc(F)cc1. The monoisotopic (exact) mass is 267 g/mol. The molecule has 0 spiro atoms. The second-order valence-electron chi connectivity index (χ2n) is 3.70. The maximum atomic E-state index is 12.7. The quantitative estimate of drug-likeness (QED) is 0.802. The highest BCUT2D eigenvalue weighted by Crippen LogP contribution is 2.21. The number of benzene rings is 1. The van der Waals surface area contributed by atoms with Gasteiger partial charge in [-0.3, -0.25) is 0 Å². The van der Waals surface area contributed by atoms with E-state index in [9.17, 15) is 4.39 Å². The van der Waals surface area contributed by atoms with Gasteiger partial charge >= 0.3 is 0 Å². The number of aryl methyl sites for hydroxylation is 1. The Labute approximate surface area is 109 Å². The highest BCUT2D eigenvalue weighted by Gasteiger charge is 2.06. The van der Waals surface area contributed by atoms with E-state index in [2.05, 4.69) is 15.5 Å². The molecule has 0 fully saturated rings. The summed E-state index contributed by atoms with van der Waals surface area (Å²) < 4.78 is 14.5. The first-order valence-electron chi connectivity index (χ1n) is 5.63. The number of hydrogen-bond donors (Lipinski definition) is 1. The fourth-order valence-corrected chi connectivity index (χ4v) is 2.25. The average Bonchev–Trinajstić information content (AvgIpc) is 2.83. The molecule has 5 nitrogen and oxygen atoms in total. The van der Waals surface area contributed by atoms with Crippen molar-refractivity contribution in [3.8, 4) is 0 Å². The first kappa shape index (κ1) is 13.0. The van der Waals surface area contributed by atoms with Crippen molar-refractivity contribution in [1.82, 2.24) is 20.2 Å². The van der Waals surface area contributed by atoms with Gasteiger partial charge in [0.15, 0.2) is 5.82 Å². The van der Waals surface area contributed by atoms with Crippen LogP contribution in [-0.2, 0) is 12.3 Å². The van der Waals surface area contributed by atoms with Crippen LogP contribution in [-0.4, -0.2) is 26.8 Å². The van der Waals surface area contributed by atoms with Crippen LogP contribution in [0.5, 0.6) is 0 Å². The van der Waals surface area contributed by atoms with Crippen LogP contribution in [0.3, 0.4) is 0 Å². The van der Waals surface area contributed by atoms with Crippen molar-refractivity contribution in [3.05, 3.63) is 35.9 Å². The number of hydrogen-bond acceptors (Lipinski definition) is 5. The zero-order chi connectivity index (χ0) is 12.8. The van der Waals surface area contributed by atoms with Crippen molar-refractivity contribution >= 4 is 11.8 Å². The third-order valence-electron chi connectivity index (χ3n) is 2.36. The minimum absolute atomic E-state index is 0.230. The minimum atomic E-state index is -0.230. The molecular formula is C11H14FN5S. The van der Waals surface area contributed by atoms with Gasteiger partial charge in [-0.2, -0.15) is 0 Å². The van der Waals surface area contributed by atoms with E-state index in [1.54, 1.807) is 28.6 Å². The van der Waals surface area contributed by atoms with Gasteiger partial charge in [0.2, 0.25) is 0 Å². The van der Waals surface area contributed by atoms with Crippen LogP contribution in [0.25, 0.3) is 0 Å². The number of rotatable bonds is 6. The summed E-state index contributed by atoms with van der Waals surface area (Å²) in [6.07, 6.45) is 0.846. The Morgan fingerprint density at radius 1 is 1.28 bits per heavy atom. The molecule has 0 aliphatic carbocycles. The van der Waals surface area contributed by atoms with E-state index in [-0.39, 0.29) is 5.82 Å². The van der Waals surface area contributed by atoms with Crippen molar-refractivity contribution in [1.29, 1.82) is 0 Å². The Balaban J connectivity index is 1.93. The molecule has 0 atom stereocenters. The number of aromatic nitrogens is 4. The van der Waals surface area contributed by atoms with Gasteiger partial charge in [0.25, 0.3) is 0 Å². The molecule has 7 heteroatoms. The number of thioether (sulfide) groups is 1. The van der Waals surface area contributed by atoms with Crippen molar-refractivity contribution in [2.75, 3.05) is 6.54 Å². The largest absolute Gasteiger partial charge is 0.330 e. The lowest BCUT2D eigenvalue weighted by molar-refractivity contribution is 0.551. The highest BCUT2D eigenvalue weighted by atomic mass is 32.2. The second kappa shape index (κ2) is 6.46. The normalized spacial score (nSPS) is 10.8. The molecule has 0 bridgehead atoms. The highest BCUT2D eigenvalue weighted by molar-refractivity contribution is 7.98. The number of nitrogens with zero attached hydrogens (tertiary/aromatic N) is 4. The van der Waals surface area contributed by atoms with Crippen LogP contribution in [0, 0.1) is 5.82 Å². The fourth-order valence-electron chi connectivity index (χ4n) is 1.42. The molecule has 0 radical (unpaired) electrons. The topological polar surface area (TPSA) is 69.6 Å². The van der Waals surface area contributed by atoms with Crippen LogP contribution >= 0.6 is 11.8 Å². The van der Waals surface area contributed by atoms with Gasteiger partial charge in [0.05, 0.1) is 5.75 Å². The van der Waals surface area contributed by atoms with E-state index in [0.717, 1.165) is 23.7 Å². The van der Waals surface area contributed by atoms with E-state index in [1.165, 1.54) is 12.1 Å². The van der Waals surface area contributed by atoms with E-state index in [4.69, 9.17) is 5.73 Å². The molecule has 0 unspecified atom stereocenters. The Hall–Kier alpha value is -1.47. The lowest BCUT2D eigenvalue weighted by Gasteiger charge is -2.03. The minimum Gasteiger partial charge on any atom is -0.330 e. The van der Waals surface area contributed by atoms with Crippen molar-refractivity contribution in [2.24, 2.45) is 5.73 Å². The fraction of sp³-hybridized carbons (Fsp3) is 0.364. The third kappa shape index (κ3) is 3.51. The maximum absolute atomic E-state index is 12.7. The Bertz CT molecular complexity index is 484. The molecule has 2 rings (SSSR count). The van der Waals surface area contributed by atoms with Crippen molar-refractivity contribution < 1.29 is 4.39 Å². The molecule has 2 N–H and O–H groups in total. The summed E-state index contributed by atoms with van der Waals surface area (Å²) in [5, 5.41) is 11.5. The van der Waals surface area contributed by atoms with Gasteiger partial charge in [-0.1, -0.05) is 0 Å². The smallest absolute Gasteiger partial charge is 0.161 e. The summed E-state index contributed by atoms with van der Waals surface area (Å²) in [6, 6.07) is 6.38. The summed E-state index contributed by atoms with van der Waals surface area (Å²) in [7, 11) is 0. The van der Waals surface area contributed by atoms with Crippen LogP contribution in [0.15, 0.2) is 29.2 Å². The van der Waals surface area contributed by atoms with Gasteiger partial charge in [-0.05, 0) is 47.7 Å². The van der Waals surface area contributed by atoms with E-state index in [1.807, 2.05) is 0 Å². The molecular weight excluding hydrogens is 253 g/mol. The first-order valence-corrected chi connectivity index (χ1v) is 6.61. The lowest BCUT2D eigenvalue weighted by atomic mass is 10.4. The second-order valence-corrected chi connectivity index (χ2v) is 4.75. The summed E-state index contributed by atoms with van der Waals surface area (Å²) in [6.45, 7) is 1.34. The molecule has 18 heavy (non-hydrogen) atoms. The lowest BCUT2D eigenvalue weighted by Crippen LogP contribution is -2.09. The van der Waals surface area contributed by atoms with Crippen LogP contribution in [0.4, 0.5) is 4.39 Å². The molecule has 96 valence electrons. The first-order chi connectivity index (χ1) is 8.79. The molecule has 0 aliphatic heterocycles. The summed E-state index contributed by atoms with van der Waals surface area (Å²) >= 11 is 1.57. The van der Waals surface area contributed by atoms with Gasteiger partial charge in [-0.25, -0.2) is 9.07 Å². The summed E-state index contributed by atoms with van der Waals surface area (Å²) in [5.74, 6) is 1.23. The van der Waals surface area contributed by atoms with Gasteiger partial charge in [-0.15, -0.1) is 16.9 Å². The van der Waals surface area contributed by atoms with Crippen LogP contribution in [0.2, 0.25) is 0 Å². The maximum Gasteiger partial charge on any atom is 0.161 e. The summed E-state index contributed by atoms with van der Waals surface area (Å²) in [5.41, 5.74) is 5.45. The number of tetrazole rings is 1. The third-order valence-corrected chi connectivity index (χ3v) is 3.37. The van der Waals surface area contributed by atoms with Crippen molar-refractivity contribution in [3.63, 3.8) is 0 Å². The molecule has 0 saturated heterocycles. The number of nitrogens with two attached hydrogens (primary N) is 1. The Morgan fingerprint density at radius 3 is 2.78 bits per heavy atom. The molecule has 2 aromatic rings. The molecule has 1 aromatic heterocycles. The Kier molecular flexibility index (Phi) is 4.66. The molecule has 1 heterocycles. The van der Waals surface area contributed by atoms with Gasteiger partial charge in [0, 0.05) is 11.4 Å². The predicted molar refractivity (Wildman–Crippen MR) is 67.4 cm³/mol. The number of halogens is 1. The van der Waals surface area contributed by atoms with E-state index in [0.29, 0.717) is 12.3 Å². The van der Waals surface area contributed by atoms with Crippen LogP contribution < -0.4 is 5.73 Å². The predicted octanol–water partition coefficient (Wildman–Crippen LogP) is 1.45. The van der Waals surface area contributed by atoms with E-state index < -0.39 is 0 Å². The average molecular weight is 267 g/mol. The molecule has 0 amide bonds. The van der Waals surface area contributed by atoms with E-state index >= 15 is 0 Å².